The maximum absolute atomic E-state index is 13.4. The number of methoxy groups -OCH3 is 1. The lowest BCUT2D eigenvalue weighted by Gasteiger charge is -2.26. The molecule has 0 spiro atoms. The van der Waals surface area contributed by atoms with E-state index in [4.69, 9.17) is 32.7 Å². The smallest absolute Gasteiger partial charge is 0.310 e. The van der Waals surface area contributed by atoms with Crippen LogP contribution in [-0.4, -0.2) is 41.6 Å². The molecule has 38 heavy (non-hydrogen) atoms. The first-order chi connectivity index (χ1) is 18.2. The van der Waals surface area contributed by atoms with Crippen molar-refractivity contribution in [3.8, 4) is 11.5 Å². The second-order valence-corrected chi connectivity index (χ2v) is 9.22. The Hall–Kier alpha value is -4.01. The predicted octanol–water partition coefficient (Wildman–Crippen LogP) is 5.44. The van der Waals surface area contributed by atoms with Gasteiger partial charge in [-0.25, -0.2) is 0 Å². The highest BCUT2D eigenvalue weighted by Gasteiger charge is 2.47. The Labute approximate surface area is 228 Å². The molecule has 196 valence electrons. The zero-order valence-electron chi connectivity index (χ0n) is 20.4. The van der Waals surface area contributed by atoms with Crippen LogP contribution in [0.5, 0.6) is 11.5 Å². The van der Waals surface area contributed by atoms with Crippen LogP contribution < -0.4 is 9.64 Å². The minimum Gasteiger partial charge on any atom is -0.508 e. The maximum atomic E-state index is 13.4. The number of hydrogen-bond acceptors (Lipinski definition) is 7. The van der Waals surface area contributed by atoms with Gasteiger partial charge in [0.15, 0.2) is 0 Å². The summed E-state index contributed by atoms with van der Waals surface area (Å²) >= 11 is 12.4. The third-order valence-electron chi connectivity index (χ3n) is 5.99. The number of phenols is 1. The molecule has 0 radical (unpaired) electrons. The molecule has 1 saturated heterocycles. The molecule has 1 amide bonds. The molecule has 1 fully saturated rings. The molecule has 1 atom stereocenters. The quantitative estimate of drug-likeness (QED) is 0.173. The molecular weight excluding hydrogens is 533 g/mol. The number of rotatable bonds is 7. The highest BCUT2D eigenvalue weighted by molar-refractivity contribution is 6.52. The summed E-state index contributed by atoms with van der Waals surface area (Å²) in [6, 6.07) is 14.2. The van der Waals surface area contributed by atoms with E-state index in [1.807, 2.05) is 0 Å². The molecule has 4 rings (SSSR count). The van der Waals surface area contributed by atoms with Gasteiger partial charge in [0.1, 0.15) is 17.3 Å². The molecule has 0 bridgehead atoms. The minimum absolute atomic E-state index is 0.0164. The van der Waals surface area contributed by atoms with Gasteiger partial charge in [0, 0.05) is 10.7 Å². The summed E-state index contributed by atoms with van der Waals surface area (Å²) in [5.41, 5.74) is 1.28. The second-order valence-electron chi connectivity index (χ2n) is 8.38. The lowest BCUT2D eigenvalue weighted by molar-refractivity contribution is -0.142. The van der Waals surface area contributed by atoms with E-state index in [1.54, 1.807) is 43.3 Å². The average Bonchev–Trinajstić information content (AvgIpc) is 3.14. The molecule has 2 N–H and O–H groups in total. The predicted molar refractivity (Wildman–Crippen MR) is 143 cm³/mol. The van der Waals surface area contributed by atoms with E-state index in [9.17, 15) is 24.6 Å². The molecule has 1 aliphatic heterocycles. The molecule has 3 aromatic rings. The van der Waals surface area contributed by atoms with Crippen molar-refractivity contribution in [1.29, 1.82) is 0 Å². The number of amides is 1. The Kier molecular flexibility index (Phi) is 7.94. The highest BCUT2D eigenvalue weighted by Crippen LogP contribution is 2.45. The molecule has 3 aromatic carbocycles. The van der Waals surface area contributed by atoms with Crippen molar-refractivity contribution in [1.82, 2.24) is 0 Å². The fraction of sp³-hybridized carbons (Fsp3) is 0.179. The summed E-state index contributed by atoms with van der Waals surface area (Å²) in [5, 5.41) is 21.5. The fourth-order valence-corrected chi connectivity index (χ4v) is 4.88. The van der Waals surface area contributed by atoms with Crippen LogP contribution in [0, 0.1) is 0 Å². The van der Waals surface area contributed by atoms with Crippen molar-refractivity contribution in [2.75, 3.05) is 18.6 Å². The van der Waals surface area contributed by atoms with Crippen LogP contribution in [0.2, 0.25) is 10.0 Å². The standard InChI is InChI=1S/C28H23Cl2NO7/c1-3-38-22(33)12-15-4-8-18(9-5-15)31-24(16-6-10-19(32)11-7-16)23(26(35)28(31)36)25(34)20-13-17(29)14-21(30)27(20)37-2/h4-11,13-14,24,32,34H,3,12H2,1-2H3/b25-23+. The van der Waals surface area contributed by atoms with E-state index in [0.717, 1.165) is 0 Å². The van der Waals surface area contributed by atoms with E-state index in [-0.39, 0.29) is 51.7 Å². The first kappa shape index (κ1) is 27.0. The number of benzene rings is 3. The lowest BCUT2D eigenvalue weighted by atomic mass is 9.94. The molecule has 8 nitrogen and oxygen atoms in total. The molecule has 1 unspecified atom stereocenters. The molecule has 0 aromatic heterocycles. The summed E-state index contributed by atoms with van der Waals surface area (Å²) in [4.78, 5) is 39.8. The van der Waals surface area contributed by atoms with Gasteiger partial charge in [-0.2, -0.15) is 0 Å². The summed E-state index contributed by atoms with van der Waals surface area (Å²) in [6.45, 7) is 1.98. The minimum atomic E-state index is -1.06. The van der Waals surface area contributed by atoms with E-state index >= 15 is 0 Å². The van der Waals surface area contributed by atoms with Gasteiger partial charge in [0.2, 0.25) is 0 Å². The number of halogens is 2. The average molecular weight is 556 g/mol. The molecule has 0 saturated carbocycles. The van der Waals surface area contributed by atoms with E-state index < -0.39 is 23.5 Å². The number of esters is 1. The van der Waals surface area contributed by atoms with Gasteiger partial charge in [-0.1, -0.05) is 47.5 Å². The zero-order chi connectivity index (χ0) is 27.6. The van der Waals surface area contributed by atoms with Crippen molar-refractivity contribution in [3.63, 3.8) is 0 Å². The van der Waals surface area contributed by atoms with Gasteiger partial charge in [-0.05, 0) is 54.4 Å². The normalized spacial score (nSPS) is 16.5. The van der Waals surface area contributed by atoms with E-state index in [2.05, 4.69) is 0 Å². The number of ketones is 1. The Morgan fingerprint density at radius 1 is 1.03 bits per heavy atom. The topological polar surface area (TPSA) is 113 Å². The summed E-state index contributed by atoms with van der Waals surface area (Å²) in [7, 11) is 1.35. The fourth-order valence-electron chi connectivity index (χ4n) is 4.31. The second kappa shape index (κ2) is 11.2. The van der Waals surface area contributed by atoms with Crippen LogP contribution in [0.15, 0.2) is 66.2 Å². The number of aliphatic hydroxyl groups excluding tert-OH is 1. The van der Waals surface area contributed by atoms with E-state index in [1.165, 1.54) is 36.3 Å². The Bertz CT molecular complexity index is 1430. The first-order valence-electron chi connectivity index (χ1n) is 11.5. The maximum Gasteiger partial charge on any atom is 0.310 e. The number of carbonyl (C=O) groups is 3. The van der Waals surface area contributed by atoms with Crippen LogP contribution in [0.25, 0.3) is 5.76 Å². The van der Waals surface area contributed by atoms with Crippen molar-refractivity contribution in [2.45, 2.75) is 19.4 Å². The summed E-state index contributed by atoms with van der Waals surface area (Å²) in [5.74, 6) is -2.67. The van der Waals surface area contributed by atoms with Crippen molar-refractivity contribution in [3.05, 3.63) is 93.0 Å². The molecule has 0 aliphatic carbocycles. The van der Waals surface area contributed by atoms with Gasteiger partial charge >= 0.3 is 5.97 Å². The van der Waals surface area contributed by atoms with Gasteiger partial charge in [0.25, 0.3) is 11.7 Å². The molecular formula is C28H23Cl2NO7. The van der Waals surface area contributed by atoms with Gasteiger partial charge in [-0.3, -0.25) is 19.3 Å². The number of carbonyl (C=O) groups excluding carboxylic acids is 3. The SMILES string of the molecule is CCOC(=O)Cc1ccc(N2C(=O)C(=O)/C(=C(/O)c3cc(Cl)cc(Cl)c3OC)C2c2ccc(O)cc2)cc1. The number of hydrogen-bond donors (Lipinski definition) is 2. The zero-order valence-corrected chi connectivity index (χ0v) is 21.9. The van der Waals surface area contributed by atoms with Gasteiger partial charge < -0.3 is 19.7 Å². The molecule has 10 heteroatoms. The highest BCUT2D eigenvalue weighted by atomic mass is 35.5. The summed E-state index contributed by atoms with van der Waals surface area (Å²) in [6.07, 6.45) is 0.0453. The lowest BCUT2D eigenvalue weighted by Crippen LogP contribution is -2.29. The number of nitrogens with zero attached hydrogens (tertiary/aromatic N) is 1. The Morgan fingerprint density at radius 3 is 2.29 bits per heavy atom. The summed E-state index contributed by atoms with van der Waals surface area (Å²) < 4.78 is 10.3. The largest absolute Gasteiger partial charge is 0.508 e. The number of Topliss-reactive ketones (excluding diaryl/α,β-unsaturated/α-hetero) is 1. The van der Waals surface area contributed by atoms with Crippen molar-refractivity contribution < 1.29 is 34.1 Å². The van der Waals surface area contributed by atoms with Crippen molar-refractivity contribution in [2.24, 2.45) is 0 Å². The molecule has 1 heterocycles. The van der Waals surface area contributed by atoms with Gasteiger partial charge in [0.05, 0.1) is 42.3 Å². The number of phenolic OH excluding ortho intramolecular Hbond substituents is 1. The first-order valence-corrected chi connectivity index (χ1v) is 12.3. The number of aromatic hydroxyl groups is 1. The van der Waals surface area contributed by atoms with Crippen LogP contribution in [0.3, 0.4) is 0 Å². The van der Waals surface area contributed by atoms with Crippen LogP contribution in [0.4, 0.5) is 5.69 Å². The number of anilines is 1. The van der Waals surface area contributed by atoms with Crippen LogP contribution >= 0.6 is 23.2 Å². The third kappa shape index (κ3) is 5.18. The number of aliphatic hydroxyl groups is 1. The monoisotopic (exact) mass is 555 g/mol. The van der Waals surface area contributed by atoms with Gasteiger partial charge in [-0.15, -0.1) is 0 Å². The molecule has 1 aliphatic rings. The van der Waals surface area contributed by atoms with Crippen molar-refractivity contribution >= 4 is 52.3 Å². The van der Waals surface area contributed by atoms with Crippen LogP contribution in [0.1, 0.15) is 29.7 Å². The number of ether oxygens (including phenoxy) is 2. The van der Waals surface area contributed by atoms with Crippen LogP contribution in [-0.2, 0) is 25.5 Å². The third-order valence-corrected chi connectivity index (χ3v) is 6.49. The van der Waals surface area contributed by atoms with E-state index in [0.29, 0.717) is 16.8 Å². The Balaban J connectivity index is 1.87. The Morgan fingerprint density at radius 2 is 1.68 bits per heavy atom.